The van der Waals surface area contributed by atoms with E-state index in [-0.39, 0.29) is 29.7 Å². The predicted molar refractivity (Wildman–Crippen MR) is 123 cm³/mol. The number of nitrogens with one attached hydrogen (secondary N) is 2. The Morgan fingerprint density at radius 3 is 2.68 bits per heavy atom. The van der Waals surface area contributed by atoms with Crippen LogP contribution in [0.4, 0.5) is 8.78 Å². The molecule has 2 amide bonds. The number of alkyl halides is 2. The molecule has 1 fully saturated rings. The highest BCUT2D eigenvalue weighted by atomic mass is 19.3. The summed E-state index contributed by atoms with van der Waals surface area (Å²) >= 11 is 0. The van der Waals surface area contributed by atoms with Gasteiger partial charge < -0.3 is 15.7 Å². The van der Waals surface area contributed by atoms with E-state index in [0.717, 1.165) is 17.4 Å². The Morgan fingerprint density at radius 2 is 2.06 bits per heavy atom. The maximum atomic E-state index is 14.1. The molecule has 1 aliphatic carbocycles. The van der Waals surface area contributed by atoms with Gasteiger partial charge in [0.25, 0.3) is 11.5 Å². The average molecular weight is 480 g/mol. The Morgan fingerprint density at radius 1 is 1.35 bits per heavy atom. The molecule has 9 nitrogen and oxygen atoms in total. The van der Waals surface area contributed by atoms with E-state index >= 15 is 0 Å². The van der Waals surface area contributed by atoms with Gasteiger partial charge in [0.1, 0.15) is 5.65 Å². The lowest BCUT2D eigenvalue weighted by atomic mass is 9.99. The minimum Gasteiger partial charge on any atom is -0.494 e. The summed E-state index contributed by atoms with van der Waals surface area (Å²) in [7, 11) is 0. The van der Waals surface area contributed by atoms with Gasteiger partial charge in [0.15, 0.2) is 5.56 Å². The molecule has 3 rings (SSSR count). The molecule has 1 unspecified atom stereocenters. The van der Waals surface area contributed by atoms with Crippen molar-refractivity contribution in [3.8, 4) is 5.88 Å². The molecule has 1 aliphatic rings. The van der Waals surface area contributed by atoms with Crippen LogP contribution < -0.4 is 16.2 Å². The minimum atomic E-state index is -2.96. The number of allylic oxidation sites excluding steroid dienone is 1. The number of fused-ring (bicyclic) bond motifs is 1. The summed E-state index contributed by atoms with van der Waals surface area (Å²) in [5.41, 5.74) is -0.368. The van der Waals surface area contributed by atoms with Crippen LogP contribution in [0.1, 0.15) is 62.4 Å². The monoisotopic (exact) mass is 479 g/mol. The lowest BCUT2D eigenvalue weighted by Gasteiger charge is -2.19. The van der Waals surface area contributed by atoms with E-state index < -0.39 is 42.0 Å². The SMILES string of the molecule is CC(C)Cn1c(O)c(C(=O)NC2CC2)c(=O)n2ncc(/C=C/C(C)CC(F)(F)CCNC=O)c12. The highest BCUT2D eigenvalue weighted by molar-refractivity contribution is 5.96. The fourth-order valence-electron chi connectivity index (χ4n) is 3.77. The Labute approximate surface area is 195 Å². The van der Waals surface area contributed by atoms with Gasteiger partial charge >= 0.3 is 0 Å². The van der Waals surface area contributed by atoms with Gasteiger partial charge in [0, 0.05) is 37.5 Å². The number of aromatic hydroxyl groups is 1. The van der Waals surface area contributed by atoms with Crippen molar-refractivity contribution in [2.75, 3.05) is 6.54 Å². The van der Waals surface area contributed by atoms with Gasteiger partial charge in [-0.2, -0.15) is 9.61 Å². The first-order valence-corrected chi connectivity index (χ1v) is 11.4. The van der Waals surface area contributed by atoms with Crippen LogP contribution in [0.5, 0.6) is 5.88 Å². The van der Waals surface area contributed by atoms with Gasteiger partial charge in [-0.05, 0) is 24.7 Å². The molecule has 1 atom stereocenters. The topological polar surface area (TPSA) is 118 Å². The molecule has 1 saturated carbocycles. The zero-order valence-corrected chi connectivity index (χ0v) is 19.6. The summed E-state index contributed by atoms with van der Waals surface area (Å²) in [6.45, 7) is 5.69. The highest BCUT2D eigenvalue weighted by Gasteiger charge is 2.31. The van der Waals surface area contributed by atoms with Gasteiger partial charge in [-0.3, -0.25) is 19.0 Å². The molecule has 0 saturated heterocycles. The van der Waals surface area contributed by atoms with Crippen molar-refractivity contribution in [2.45, 2.75) is 65.0 Å². The Bertz CT molecular complexity index is 1130. The van der Waals surface area contributed by atoms with Crippen molar-refractivity contribution >= 4 is 24.0 Å². The summed E-state index contributed by atoms with van der Waals surface area (Å²) in [6.07, 6.45) is 5.75. The van der Waals surface area contributed by atoms with E-state index in [4.69, 9.17) is 0 Å². The third-order valence-corrected chi connectivity index (χ3v) is 5.54. The maximum absolute atomic E-state index is 14.1. The quantitative estimate of drug-likeness (QED) is 0.320. The van der Waals surface area contributed by atoms with Crippen LogP contribution in [-0.2, 0) is 11.3 Å². The molecule has 2 heterocycles. The van der Waals surface area contributed by atoms with Crippen molar-refractivity contribution in [1.29, 1.82) is 0 Å². The van der Waals surface area contributed by atoms with Crippen molar-refractivity contribution in [3.05, 3.63) is 33.8 Å². The summed E-state index contributed by atoms with van der Waals surface area (Å²) in [6, 6.07) is 0.00509. The summed E-state index contributed by atoms with van der Waals surface area (Å²) in [4.78, 5) is 35.9. The van der Waals surface area contributed by atoms with Crippen LogP contribution in [0, 0.1) is 11.8 Å². The van der Waals surface area contributed by atoms with Crippen LogP contribution in [0.25, 0.3) is 11.7 Å². The molecular formula is C23H31F2N5O4. The van der Waals surface area contributed by atoms with Crippen molar-refractivity contribution in [2.24, 2.45) is 11.8 Å². The third-order valence-electron chi connectivity index (χ3n) is 5.54. The van der Waals surface area contributed by atoms with Crippen molar-refractivity contribution in [1.82, 2.24) is 24.8 Å². The van der Waals surface area contributed by atoms with Gasteiger partial charge in [-0.1, -0.05) is 32.9 Å². The number of aromatic nitrogens is 3. The van der Waals surface area contributed by atoms with Crippen molar-refractivity contribution < 1.29 is 23.5 Å². The molecule has 11 heteroatoms. The van der Waals surface area contributed by atoms with E-state index in [0.29, 0.717) is 18.5 Å². The number of carbonyl (C=O) groups is 2. The molecule has 2 aromatic rings. The Hall–Kier alpha value is -3.24. The summed E-state index contributed by atoms with van der Waals surface area (Å²) < 4.78 is 30.8. The average Bonchev–Trinajstić information content (AvgIpc) is 3.44. The normalized spacial score (nSPS) is 15.2. The first-order chi connectivity index (χ1) is 16.0. The first-order valence-electron chi connectivity index (χ1n) is 11.4. The van der Waals surface area contributed by atoms with E-state index in [9.17, 15) is 28.3 Å². The molecule has 0 aliphatic heterocycles. The van der Waals surface area contributed by atoms with E-state index in [1.165, 1.54) is 10.8 Å². The molecule has 0 radical (unpaired) electrons. The van der Waals surface area contributed by atoms with E-state index in [2.05, 4.69) is 15.7 Å². The maximum Gasteiger partial charge on any atom is 0.291 e. The second-order valence-electron chi connectivity index (χ2n) is 9.31. The molecule has 0 spiro atoms. The van der Waals surface area contributed by atoms with Crippen LogP contribution in [0.15, 0.2) is 17.1 Å². The lowest BCUT2D eigenvalue weighted by molar-refractivity contribution is -0.109. The predicted octanol–water partition coefficient (Wildman–Crippen LogP) is 2.56. The third kappa shape index (κ3) is 6.00. The second kappa shape index (κ2) is 10.4. The van der Waals surface area contributed by atoms with Crippen LogP contribution in [0.2, 0.25) is 0 Å². The number of amides is 2. The first kappa shape index (κ1) is 25.4. The zero-order valence-electron chi connectivity index (χ0n) is 19.6. The molecule has 2 aromatic heterocycles. The molecule has 34 heavy (non-hydrogen) atoms. The highest BCUT2D eigenvalue weighted by Crippen LogP contribution is 2.29. The summed E-state index contributed by atoms with van der Waals surface area (Å²) in [5, 5.41) is 20.0. The largest absolute Gasteiger partial charge is 0.494 e. The fraction of sp³-hybridized carbons (Fsp3) is 0.565. The number of halogens is 2. The van der Waals surface area contributed by atoms with Gasteiger partial charge in [-0.25, -0.2) is 8.78 Å². The van der Waals surface area contributed by atoms with Gasteiger partial charge in [-0.15, -0.1) is 0 Å². The van der Waals surface area contributed by atoms with Crippen LogP contribution in [-0.4, -0.2) is 50.1 Å². The summed E-state index contributed by atoms with van der Waals surface area (Å²) in [5.74, 6) is -4.48. The van der Waals surface area contributed by atoms with E-state index in [1.54, 1.807) is 19.1 Å². The molecule has 3 N–H and O–H groups in total. The van der Waals surface area contributed by atoms with Crippen molar-refractivity contribution in [3.63, 3.8) is 0 Å². The Balaban J connectivity index is 1.93. The smallest absolute Gasteiger partial charge is 0.291 e. The van der Waals surface area contributed by atoms with Crippen LogP contribution >= 0.6 is 0 Å². The number of hydrogen-bond acceptors (Lipinski definition) is 5. The molecular weight excluding hydrogens is 448 g/mol. The van der Waals surface area contributed by atoms with E-state index in [1.807, 2.05) is 13.8 Å². The Kier molecular flexibility index (Phi) is 7.73. The van der Waals surface area contributed by atoms with Gasteiger partial charge in [0.05, 0.1) is 6.20 Å². The number of hydrogen-bond donors (Lipinski definition) is 3. The number of carbonyl (C=O) groups excluding carboxylic acids is 2. The standard InChI is InChI=1S/C23H31F2N5O4/c1-14(2)12-29-20-16(5-4-15(3)10-23(24,25)8-9-26-13-31)11-27-30(20)22(34)18(21(29)33)19(32)28-17-6-7-17/h4-5,11,13-15,17,33H,6-10,12H2,1-3H3,(H,26,31)(H,28,32)/b5-4+. The number of rotatable bonds is 12. The number of nitrogens with zero attached hydrogens (tertiary/aromatic N) is 3. The second-order valence-corrected chi connectivity index (χ2v) is 9.31. The van der Waals surface area contributed by atoms with Gasteiger partial charge in [0.2, 0.25) is 18.2 Å². The fourth-order valence-corrected chi connectivity index (χ4v) is 3.77. The molecule has 0 bridgehead atoms. The lowest BCUT2D eigenvalue weighted by Crippen LogP contribution is -2.34. The minimum absolute atomic E-state index is 0.00509. The molecule has 0 aromatic carbocycles. The van der Waals surface area contributed by atoms with Crippen LogP contribution in [0.3, 0.4) is 0 Å². The zero-order chi connectivity index (χ0) is 25.0. The molecule has 186 valence electrons.